The van der Waals surface area contributed by atoms with E-state index in [4.69, 9.17) is 0 Å². The van der Waals surface area contributed by atoms with Crippen LogP contribution in [0.4, 0.5) is 0 Å². The maximum atomic E-state index is 9.99. The Morgan fingerprint density at radius 1 is 1.36 bits per heavy atom. The minimum Gasteiger partial charge on any atom is -0.264 e. The van der Waals surface area contributed by atoms with Gasteiger partial charge >= 0.3 is 0 Å². The van der Waals surface area contributed by atoms with Crippen LogP contribution in [0.5, 0.6) is 0 Å². The molecular formula is C8H14NO2. The first-order valence-corrected chi connectivity index (χ1v) is 4.26. The third kappa shape index (κ3) is 3.35. The van der Waals surface area contributed by atoms with E-state index in [1.165, 1.54) is 38.6 Å². The number of rotatable bonds is 3. The first-order valence-electron chi connectivity index (χ1n) is 4.26. The van der Waals surface area contributed by atoms with Crippen molar-refractivity contribution in [3.8, 4) is 0 Å². The summed E-state index contributed by atoms with van der Waals surface area (Å²) in [5.74, 6) is 0.592. The van der Waals surface area contributed by atoms with Gasteiger partial charge in [-0.3, -0.25) is 10.1 Å². The van der Waals surface area contributed by atoms with Crippen molar-refractivity contribution in [3.63, 3.8) is 0 Å². The van der Waals surface area contributed by atoms with Crippen molar-refractivity contribution >= 4 is 0 Å². The van der Waals surface area contributed by atoms with Crippen molar-refractivity contribution < 1.29 is 4.92 Å². The minimum atomic E-state index is -0.325. The molecule has 0 unspecified atom stereocenters. The van der Waals surface area contributed by atoms with Crippen molar-refractivity contribution in [2.75, 3.05) is 0 Å². The van der Waals surface area contributed by atoms with Gasteiger partial charge in [0.25, 0.3) is 6.54 Å². The Bertz CT molecular complexity index is 130. The summed E-state index contributed by atoms with van der Waals surface area (Å²) < 4.78 is 0. The molecule has 0 aromatic heterocycles. The fourth-order valence-electron chi connectivity index (χ4n) is 1.66. The van der Waals surface area contributed by atoms with Crippen LogP contribution in [0.15, 0.2) is 0 Å². The summed E-state index contributed by atoms with van der Waals surface area (Å²) >= 11 is 0. The van der Waals surface area contributed by atoms with Crippen LogP contribution < -0.4 is 0 Å². The molecule has 1 fully saturated rings. The van der Waals surface area contributed by atoms with Gasteiger partial charge in [-0.15, -0.1) is 0 Å². The maximum absolute atomic E-state index is 9.99. The van der Waals surface area contributed by atoms with Gasteiger partial charge in [0.1, 0.15) is 0 Å². The summed E-state index contributed by atoms with van der Waals surface area (Å²) in [6.45, 7) is 1.20. The second-order valence-corrected chi connectivity index (χ2v) is 3.21. The Kier molecular flexibility index (Phi) is 3.33. The van der Waals surface area contributed by atoms with E-state index in [1.54, 1.807) is 0 Å². The lowest BCUT2D eigenvalue weighted by Gasteiger charge is -2.18. The van der Waals surface area contributed by atoms with Gasteiger partial charge in [-0.05, 0) is 5.92 Å². The zero-order valence-corrected chi connectivity index (χ0v) is 6.66. The first kappa shape index (κ1) is 8.50. The number of hydrogen-bond donors (Lipinski definition) is 0. The van der Waals surface area contributed by atoms with E-state index in [0.29, 0.717) is 12.3 Å². The first-order chi connectivity index (χ1) is 5.29. The van der Waals surface area contributed by atoms with Crippen LogP contribution in [-0.2, 0) is 0 Å². The number of nitrogens with zero attached hydrogens (tertiary/aromatic N) is 1. The molecule has 1 aliphatic carbocycles. The molecule has 63 valence electrons. The van der Waals surface area contributed by atoms with Crippen molar-refractivity contribution in [2.24, 2.45) is 5.92 Å². The largest absolute Gasteiger partial charge is 0.279 e. The van der Waals surface area contributed by atoms with Gasteiger partial charge in [0.05, 0.1) is 0 Å². The smallest absolute Gasteiger partial charge is 0.264 e. The van der Waals surface area contributed by atoms with Crippen LogP contribution in [0, 0.1) is 22.6 Å². The second-order valence-electron chi connectivity index (χ2n) is 3.21. The average Bonchev–Trinajstić information content (AvgIpc) is 2.03. The zero-order chi connectivity index (χ0) is 8.10. The average molecular weight is 156 g/mol. The molecule has 3 nitrogen and oxygen atoms in total. The Hall–Kier alpha value is -0.600. The van der Waals surface area contributed by atoms with Crippen molar-refractivity contribution in [2.45, 2.75) is 38.5 Å². The molecule has 1 radical (unpaired) electrons. The molecule has 0 aliphatic heterocycles. The molecule has 1 rings (SSSR count). The standard InChI is InChI=1S/C8H14NO2/c10-9(11)7-6-8-4-2-1-3-5-8/h7-8H,1-6H2. The van der Waals surface area contributed by atoms with Crippen LogP contribution in [0.1, 0.15) is 38.5 Å². The van der Waals surface area contributed by atoms with E-state index in [9.17, 15) is 10.1 Å². The summed E-state index contributed by atoms with van der Waals surface area (Å²) in [5, 5.41) is 9.99. The summed E-state index contributed by atoms with van der Waals surface area (Å²) in [4.78, 5) is 9.67. The lowest BCUT2D eigenvalue weighted by Crippen LogP contribution is -2.08. The highest BCUT2D eigenvalue weighted by atomic mass is 16.6. The van der Waals surface area contributed by atoms with Gasteiger partial charge in [-0.25, -0.2) is 0 Å². The molecular weight excluding hydrogens is 142 g/mol. The molecule has 1 saturated carbocycles. The second kappa shape index (κ2) is 4.31. The van der Waals surface area contributed by atoms with Gasteiger partial charge in [0.15, 0.2) is 0 Å². The molecule has 0 aromatic carbocycles. The monoisotopic (exact) mass is 156 g/mol. The molecule has 11 heavy (non-hydrogen) atoms. The van der Waals surface area contributed by atoms with Gasteiger partial charge in [-0.1, -0.05) is 32.1 Å². The van der Waals surface area contributed by atoms with Crippen molar-refractivity contribution in [1.29, 1.82) is 0 Å². The molecule has 0 amide bonds. The van der Waals surface area contributed by atoms with Gasteiger partial charge in [0, 0.05) is 11.3 Å². The third-order valence-electron chi connectivity index (χ3n) is 2.31. The summed E-state index contributed by atoms with van der Waals surface area (Å²) in [7, 11) is 0. The van der Waals surface area contributed by atoms with Crippen LogP contribution in [0.3, 0.4) is 0 Å². The molecule has 0 spiro atoms. The van der Waals surface area contributed by atoms with Crippen LogP contribution in [0.25, 0.3) is 0 Å². The predicted octanol–water partition coefficient (Wildman–Crippen LogP) is 2.40. The van der Waals surface area contributed by atoms with E-state index in [1.807, 2.05) is 0 Å². The highest BCUT2D eigenvalue weighted by Crippen LogP contribution is 2.26. The highest BCUT2D eigenvalue weighted by molar-refractivity contribution is 4.68. The van der Waals surface area contributed by atoms with E-state index < -0.39 is 0 Å². The zero-order valence-electron chi connectivity index (χ0n) is 6.66. The lowest BCUT2D eigenvalue weighted by molar-refractivity contribution is -0.439. The summed E-state index contributed by atoms with van der Waals surface area (Å²) in [6.07, 6.45) is 6.88. The minimum absolute atomic E-state index is 0.325. The summed E-state index contributed by atoms with van der Waals surface area (Å²) in [5.41, 5.74) is 0. The van der Waals surface area contributed by atoms with Gasteiger partial charge in [-0.2, -0.15) is 0 Å². The highest BCUT2D eigenvalue weighted by Gasteiger charge is 2.15. The molecule has 0 heterocycles. The Morgan fingerprint density at radius 2 is 2.00 bits per heavy atom. The SMILES string of the molecule is O=[N+]([O-])[CH]CC1CCCCC1. The molecule has 0 bridgehead atoms. The van der Waals surface area contributed by atoms with Gasteiger partial charge in [0.2, 0.25) is 0 Å². The number of hydrogen-bond acceptors (Lipinski definition) is 2. The van der Waals surface area contributed by atoms with Crippen molar-refractivity contribution in [1.82, 2.24) is 0 Å². The summed E-state index contributed by atoms with van der Waals surface area (Å²) in [6, 6.07) is 0. The molecule has 3 heteroatoms. The predicted molar refractivity (Wildman–Crippen MR) is 42.5 cm³/mol. The van der Waals surface area contributed by atoms with E-state index in [0.717, 1.165) is 0 Å². The van der Waals surface area contributed by atoms with E-state index in [-0.39, 0.29) is 4.92 Å². The molecule has 0 atom stereocenters. The molecule has 1 aliphatic rings. The fourth-order valence-corrected chi connectivity index (χ4v) is 1.66. The third-order valence-corrected chi connectivity index (χ3v) is 2.31. The number of nitro groups is 1. The Balaban J connectivity index is 2.09. The lowest BCUT2D eigenvalue weighted by atomic mass is 9.87. The Morgan fingerprint density at radius 3 is 2.55 bits per heavy atom. The Labute approximate surface area is 66.9 Å². The van der Waals surface area contributed by atoms with E-state index >= 15 is 0 Å². The quantitative estimate of drug-likeness (QED) is 0.465. The normalized spacial score (nSPS) is 20.0. The fraction of sp³-hybridized carbons (Fsp3) is 0.875. The van der Waals surface area contributed by atoms with E-state index in [2.05, 4.69) is 0 Å². The molecule has 0 N–H and O–H groups in total. The van der Waals surface area contributed by atoms with Crippen LogP contribution in [0.2, 0.25) is 0 Å². The molecule has 0 aromatic rings. The van der Waals surface area contributed by atoms with Gasteiger partial charge < -0.3 is 0 Å². The van der Waals surface area contributed by atoms with Crippen LogP contribution >= 0.6 is 0 Å². The topological polar surface area (TPSA) is 43.1 Å². The molecule has 0 saturated heterocycles. The van der Waals surface area contributed by atoms with Crippen molar-refractivity contribution in [3.05, 3.63) is 16.7 Å². The van der Waals surface area contributed by atoms with Crippen LogP contribution in [-0.4, -0.2) is 4.92 Å². The maximum Gasteiger partial charge on any atom is 0.279 e.